The van der Waals surface area contributed by atoms with Crippen molar-refractivity contribution in [3.63, 3.8) is 0 Å². The molecular weight excluding hydrogens is 346 g/mol. The summed E-state index contributed by atoms with van der Waals surface area (Å²) in [5, 5.41) is 3.62. The van der Waals surface area contributed by atoms with E-state index in [0.29, 0.717) is 10.8 Å². The van der Waals surface area contributed by atoms with Gasteiger partial charge < -0.3 is 14.6 Å². The first-order valence-corrected chi connectivity index (χ1v) is 8.11. The largest absolute Gasteiger partial charge is 0.435 e. The summed E-state index contributed by atoms with van der Waals surface area (Å²) in [6.45, 7) is -1.30. The first kappa shape index (κ1) is 15.8. The lowest BCUT2D eigenvalue weighted by atomic mass is 10.3. The average molecular weight is 360 g/mol. The quantitative estimate of drug-likeness (QED) is 0.719. The van der Waals surface area contributed by atoms with Gasteiger partial charge in [-0.05, 0) is 48.6 Å². The molecule has 0 aliphatic carbocycles. The van der Waals surface area contributed by atoms with Gasteiger partial charge in [0.15, 0.2) is 5.11 Å². The molecule has 2 heterocycles. The SMILES string of the molecule is FC(F)Oc1ccc(NC(=S)N2CCn3c2nc2ccccc23)cc1. The second-order valence-electron chi connectivity index (χ2n) is 5.54. The monoisotopic (exact) mass is 360 g/mol. The molecule has 1 aliphatic rings. The van der Waals surface area contributed by atoms with Crippen molar-refractivity contribution in [1.82, 2.24) is 9.55 Å². The minimum Gasteiger partial charge on any atom is -0.435 e. The number of nitrogens with zero attached hydrogens (tertiary/aromatic N) is 3. The summed E-state index contributed by atoms with van der Waals surface area (Å²) in [5.74, 6) is 0.908. The number of imidazole rings is 1. The van der Waals surface area contributed by atoms with E-state index in [1.165, 1.54) is 12.1 Å². The van der Waals surface area contributed by atoms with Crippen molar-refractivity contribution in [2.75, 3.05) is 16.8 Å². The zero-order chi connectivity index (χ0) is 17.4. The number of ether oxygens (including phenoxy) is 1. The van der Waals surface area contributed by atoms with Crippen molar-refractivity contribution in [1.29, 1.82) is 0 Å². The normalized spacial score (nSPS) is 13.3. The molecule has 1 aliphatic heterocycles. The Kier molecular flexibility index (Phi) is 3.96. The maximum absolute atomic E-state index is 12.2. The molecule has 0 radical (unpaired) electrons. The first-order valence-electron chi connectivity index (χ1n) is 7.70. The van der Waals surface area contributed by atoms with Gasteiger partial charge >= 0.3 is 6.61 Å². The Morgan fingerprint density at radius 2 is 1.88 bits per heavy atom. The minimum atomic E-state index is -2.84. The Labute approximate surface area is 147 Å². The molecule has 0 spiro atoms. The molecule has 0 fully saturated rings. The molecule has 1 aromatic heterocycles. The Morgan fingerprint density at radius 3 is 2.64 bits per heavy atom. The van der Waals surface area contributed by atoms with Gasteiger partial charge in [0.1, 0.15) is 5.75 Å². The van der Waals surface area contributed by atoms with Crippen LogP contribution in [0.15, 0.2) is 48.5 Å². The highest BCUT2D eigenvalue weighted by Gasteiger charge is 2.26. The van der Waals surface area contributed by atoms with Gasteiger partial charge in [-0.1, -0.05) is 12.1 Å². The number of anilines is 2. The van der Waals surface area contributed by atoms with E-state index in [4.69, 9.17) is 12.2 Å². The van der Waals surface area contributed by atoms with Crippen LogP contribution in [0, 0.1) is 0 Å². The fourth-order valence-corrected chi connectivity index (χ4v) is 3.18. The zero-order valence-corrected chi connectivity index (χ0v) is 13.8. The molecule has 3 aromatic rings. The van der Waals surface area contributed by atoms with Crippen LogP contribution in [0.2, 0.25) is 0 Å². The maximum atomic E-state index is 12.2. The number of aromatic nitrogens is 2. The number of hydrogen-bond donors (Lipinski definition) is 1. The molecule has 0 atom stereocenters. The van der Waals surface area contributed by atoms with Crippen LogP contribution in [-0.4, -0.2) is 27.8 Å². The summed E-state index contributed by atoms with van der Waals surface area (Å²) in [7, 11) is 0. The predicted octanol–water partition coefficient (Wildman–Crippen LogP) is 3.85. The standard InChI is InChI=1S/C17H14F2N4OS/c18-15(19)24-12-7-5-11(6-8-12)20-17(25)23-10-9-22-14-4-2-1-3-13(14)21-16(22)23/h1-8,15H,9-10H2,(H,20,25). The summed E-state index contributed by atoms with van der Waals surface area (Å²) in [6.07, 6.45) is 0. The van der Waals surface area contributed by atoms with Crippen LogP contribution < -0.4 is 15.0 Å². The summed E-state index contributed by atoms with van der Waals surface area (Å²) >= 11 is 5.49. The molecule has 128 valence electrons. The van der Waals surface area contributed by atoms with E-state index in [-0.39, 0.29) is 5.75 Å². The molecule has 8 heteroatoms. The highest BCUT2D eigenvalue weighted by atomic mass is 32.1. The second kappa shape index (κ2) is 6.29. The van der Waals surface area contributed by atoms with Crippen molar-refractivity contribution < 1.29 is 13.5 Å². The van der Waals surface area contributed by atoms with Gasteiger partial charge in [-0.3, -0.25) is 4.90 Å². The van der Waals surface area contributed by atoms with Crippen molar-refractivity contribution in [3.05, 3.63) is 48.5 Å². The molecule has 25 heavy (non-hydrogen) atoms. The van der Waals surface area contributed by atoms with Gasteiger partial charge in [-0.25, -0.2) is 4.98 Å². The van der Waals surface area contributed by atoms with Gasteiger partial charge in [0, 0.05) is 18.8 Å². The van der Waals surface area contributed by atoms with Crippen molar-refractivity contribution >= 4 is 40.0 Å². The molecule has 0 amide bonds. The molecule has 1 N–H and O–H groups in total. The minimum absolute atomic E-state index is 0.106. The van der Waals surface area contributed by atoms with E-state index in [9.17, 15) is 8.78 Å². The second-order valence-corrected chi connectivity index (χ2v) is 5.92. The van der Waals surface area contributed by atoms with Gasteiger partial charge in [-0.15, -0.1) is 0 Å². The number of fused-ring (bicyclic) bond motifs is 3. The summed E-state index contributed by atoms with van der Waals surface area (Å²) in [4.78, 5) is 6.57. The van der Waals surface area contributed by atoms with E-state index >= 15 is 0 Å². The van der Waals surface area contributed by atoms with E-state index in [1.54, 1.807) is 12.1 Å². The Balaban J connectivity index is 1.51. The third kappa shape index (κ3) is 3.00. The lowest BCUT2D eigenvalue weighted by Crippen LogP contribution is -2.33. The van der Waals surface area contributed by atoms with Crippen LogP contribution in [0.5, 0.6) is 5.75 Å². The van der Waals surface area contributed by atoms with E-state index in [1.807, 2.05) is 29.2 Å². The third-order valence-corrected chi connectivity index (χ3v) is 4.32. The van der Waals surface area contributed by atoms with E-state index in [0.717, 1.165) is 30.1 Å². The molecule has 0 saturated carbocycles. The number of thiocarbonyl (C=S) groups is 1. The van der Waals surface area contributed by atoms with Gasteiger partial charge in [0.2, 0.25) is 5.95 Å². The topological polar surface area (TPSA) is 42.3 Å². The molecular formula is C17H14F2N4OS. The molecule has 5 nitrogen and oxygen atoms in total. The van der Waals surface area contributed by atoms with Gasteiger partial charge in [0.05, 0.1) is 11.0 Å². The number of rotatable bonds is 3. The number of alkyl halides is 2. The van der Waals surface area contributed by atoms with E-state index in [2.05, 4.69) is 19.6 Å². The molecule has 0 unspecified atom stereocenters. The third-order valence-electron chi connectivity index (χ3n) is 4.00. The van der Waals surface area contributed by atoms with Crippen LogP contribution in [0.1, 0.15) is 0 Å². The van der Waals surface area contributed by atoms with Crippen molar-refractivity contribution in [3.8, 4) is 5.75 Å². The highest BCUT2D eigenvalue weighted by molar-refractivity contribution is 7.80. The smallest absolute Gasteiger partial charge is 0.387 e. The van der Waals surface area contributed by atoms with Crippen molar-refractivity contribution in [2.24, 2.45) is 0 Å². The highest BCUT2D eigenvalue weighted by Crippen LogP contribution is 2.28. The lowest BCUT2D eigenvalue weighted by Gasteiger charge is -2.18. The molecule has 0 saturated heterocycles. The first-order chi connectivity index (χ1) is 12.1. The zero-order valence-electron chi connectivity index (χ0n) is 13.0. The Bertz CT molecular complexity index is 926. The molecule has 2 aromatic carbocycles. The number of benzene rings is 2. The number of nitrogens with one attached hydrogen (secondary N) is 1. The number of hydrogen-bond acceptors (Lipinski definition) is 3. The van der Waals surface area contributed by atoms with Crippen LogP contribution in [0.25, 0.3) is 11.0 Å². The fraction of sp³-hybridized carbons (Fsp3) is 0.176. The maximum Gasteiger partial charge on any atom is 0.387 e. The molecule has 4 rings (SSSR count). The number of halogens is 2. The van der Waals surface area contributed by atoms with Crippen LogP contribution in [0.3, 0.4) is 0 Å². The summed E-state index contributed by atoms with van der Waals surface area (Å²) in [5.41, 5.74) is 2.70. The van der Waals surface area contributed by atoms with Crippen LogP contribution in [0.4, 0.5) is 20.4 Å². The van der Waals surface area contributed by atoms with Crippen molar-refractivity contribution in [2.45, 2.75) is 13.2 Å². The lowest BCUT2D eigenvalue weighted by molar-refractivity contribution is -0.0498. The van der Waals surface area contributed by atoms with Crippen LogP contribution in [-0.2, 0) is 6.54 Å². The summed E-state index contributed by atoms with van der Waals surface area (Å²) in [6, 6.07) is 14.2. The predicted molar refractivity (Wildman–Crippen MR) is 96.4 cm³/mol. The van der Waals surface area contributed by atoms with Crippen LogP contribution >= 0.6 is 12.2 Å². The fourth-order valence-electron chi connectivity index (χ4n) is 2.89. The Morgan fingerprint density at radius 1 is 1.12 bits per heavy atom. The number of para-hydroxylation sites is 2. The molecule has 0 bridgehead atoms. The van der Waals surface area contributed by atoms with Gasteiger partial charge in [-0.2, -0.15) is 8.78 Å². The Hall–Kier alpha value is -2.74. The average Bonchev–Trinajstić information content (AvgIpc) is 3.15. The van der Waals surface area contributed by atoms with Gasteiger partial charge in [0.25, 0.3) is 0 Å². The van der Waals surface area contributed by atoms with E-state index < -0.39 is 6.61 Å². The summed E-state index contributed by atoms with van der Waals surface area (Å²) < 4.78 is 30.8.